The highest BCUT2D eigenvalue weighted by molar-refractivity contribution is 7.27. The van der Waals surface area contributed by atoms with Crippen molar-refractivity contribution in [1.29, 1.82) is 0 Å². The summed E-state index contributed by atoms with van der Waals surface area (Å²) >= 11 is 0. The quantitative estimate of drug-likeness (QED) is 0.236. The van der Waals surface area contributed by atoms with Crippen molar-refractivity contribution in [3.05, 3.63) is 139 Å². The molecule has 2 nitrogen and oxygen atoms in total. The Morgan fingerprint density at radius 3 is 1.47 bits per heavy atom. The fourth-order valence-electron chi connectivity index (χ4n) is 5.72. The second-order valence-electron chi connectivity index (χ2n) is 10.2. The molecule has 0 saturated carbocycles. The van der Waals surface area contributed by atoms with Crippen molar-refractivity contribution in [3.8, 4) is 33.4 Å². The van der Waals surface area contributed by atoms with Crippen molar-refractivity contribution in [3.63, 3.8) is 0 Å². The van der Waals surface area contributed by atoms with Crippen LogP contribution in [0.5, 0.6) is 0 Å². The Bertz CT molecular complexity index is 1470. The van der Waals surface area contributed by atoms with Crippen molar-refractivity contribution in [2.24, 2.45) is 0 Å². The van der Waals surface area contributed by atoms with E-state index in [-0.39, 0.29) is 6.04 Å². The summed E-state index contributed by atoms with van der Waals surface area (Å²) in [5.74, 6) is 0. The molecule has 0 amide bonds. The highest BCUT2D eigenvalue weighted by atomic mass is 31.0. The number of aliphatic hydroxyl groups is 1. The summed E-state index contributed by atoms with van der Waals surface area (Å²) in [7, 11) is 2.85. The molecule has 1 fully saturated rings. The Labute approximate surface area is 227 Å². The molecule has 0 spiro atoms. The first-order valence-corrected chi connectivity index (χ1v) is 13.9. The summed E-state index contributed by atoms with van der Waals surface area (Å²) in [6.45, 7) is 0.906. The Morgan fingerprint density at radius 2 is 1.03 bits per heavy atom. The summed E-state index contributed by atoms with van der Waals surface area (Å²) < 4.78 is 0. The lowest BCUT2D eigenvalue weighted by Gasteiger charge is -2.36. The van der Waals surface area contributed by atoms with Crippen molar-refractivity contribution in [1.82, 2.24) is 5.32 Å². The summed E-state index contributed by atoms with van der Waals surface area (Å²) in [5.41, 5.74) is 7.33. The molecule has 1 aliphatic heterocycles. The first-order valence-electron chi connectivity index (χ1n) is 13.3. The highest BCUT2D eigenvalue weighted by Gasteiger charge is 2.42. The van der Waals surface area contributed by atoms with Crippen molar-refractivity contribution in [2.45, 2.75) is 24.5 Å². The third kappa shape index (κ3) is 4.84. The van der Waals surface area contributed by atoms with Crippen LogP contribution < -0.4 is 10.6 Å². The standard InChI is InChI=1S/C35H32NOP/c37-35(34-17-10-18-36-34,32-22-30(23-33(38)24-32)27-15-8-3-9-16-27)31-20-28(25-11-4-1-5-12-25)19-29(21-31)26-13-6-2-7-14-26/h1-9,11-16,19-24,34,36-37H,10,17-18,38H2/t34-,35?/m1/s1. The maximum absolute atomic E-state index is 12.9. The summed E-state index contributed by atoms with van der Waals surface area (Å²) in [5, 5.41) is 17.6. The molecule has 0 bridgehead atoms. The Kier molecular flexibility index (Phi) is 6.96. The first-order chi connectivity index (χ1) is 18.6. The molecular weight excluding hydrogens is 481 g/mol. The van der Waals surface area contributed by atoms with E-state index in [1.54, 1.807) is 0 Å². The van der Waals surface area contributed by atoms with Crippen molar-refractivity contribution in [2.75, 3.05) is 6.54 Å². The van der Waals surface area contributed by atoms with Gasteiger partial charge in [0, 0.05) is 6.04 Å². The Morgan fingerprint density at radius 1 is 0.579 bits per heavy atom. The second kappa shape index (κ2) is 10.7. The van der Waals surface area contributed by atoms with E-state index in [4.69, 9.17) is 0 Å². The average molecular weight is 514 g/mol. The van der Waals surface area contributed by atoms with Crippen molar-refractivity contribution < 1.29 is 5.11 Å². The third-order valence-corrected chi connectivity index (χ3v) is 7.99. The summed E-state index contributed by atoms with van der Waals surface area (Å²) in [6, 6.07) is 44.3. The van der Waals surface area contributed by atoms with Gasteiger partial charge in [-0.3, -0.25) is 0 Å². The van der Waals surface area contributed by atoms with E-state index in [1.807, 2.05) is 18.2 Å². The van der Waals surface area contributed by atoms with Crippen LogP contribution in [-0.2, 0) is 5.60 Å². The lowest BCUT2D eigenvalue weighted by atomic mass is 9.77. The van der Waals surface area contributed by atoms with Crippen LogP contribution in [0.3, 0.4) is 0 Å². The van der Waals surface area contributed by atoms with Crippen LogP contribution in [0.25, 0.3) is 33.4 Å². The van der Waals surface area contributed by atoms with E-state index in [1.165, 1.54) is 0 Å². The number of nitrogens with one attached hydrogen (secondary N) is 1. The van der Waals surface area contributed by atoms with Gasteiger partial charge >= 0.3 is 0 Å². The van der Waals surface area contributed by atoms with Gasteiger partial charge in [-0.1, -0.05) is 91.0 Å². The normalized spacial score (nSPS) is 16.7. The molecule has 5 aromatic carbocycles. The van der Waals surface area contributed by atoms with E-state index >= 15 is 0 Å². The monoisotopic (exact) mass is 513 g/mol. The predicted octanol–water partition coefficient (Wildman–Crippen LogP) is 7.18. The topological polar surface area (TPSA) is 32.3 Å². The van der Waals surface area contributed by atoms with Crippen LogP contribution in [0, 0.1) is 0 Å². The van der Waals surface area contributed by atoms with E-state index in [9.17, 15) is 5.11 Å². The van der Waals surface area contributed by atoms with Crippen LogP contribution in [0.2, 0.25) is 0 Å². The SMILES string of the molecule is OC(c1cc(P)cc(-c2ccccc2)c1)(c1cc(-c2ccccc2)cc(-c2ccccc2)c1)[C@H]1CCCN1. The minimum atomic E-state index is -1.21. The maximum atomic E-state index is 12.9. The van der Waals surface area contributed by atoms with Gasteiger partial charge in [0.2, 0.25) is 0 Å². The molecule has 188 valence electrons. The molecule has 3 atom stereocenters. The third-order valence-electron chi connectivity index (χ3n) is 7.65. The zero-order chi connectivity index (χ0) is 26.0. The highest BCUT2D eigenvalue weighted by Crippen LogP contribution is 2.41. The number of benzene rings is 5. The molecule has 1 aliphatic rings. The minimum absolute atomic E-state index is 0.0902. The molecule has 1 saturated heterocycles. The van der Waals surface area contributed by atoms with Gasteiger partial charge in [0.1, 0.15) is 5.60 Å². The molecule has 38 heavy (non-hydrogen) atoms. The van der Waals surface area contributed by atoms with E-state index in [0.717, 1.165) is 69.2 Å². The van der Waals surface area contributed by atoms with Crippen LogP contribution in [0.4, 0.5) is 0 Å². The first kappa shape index (κ1) is 24.8. The van der Waals surface area contributed by atoms with E-state index in [2.05, 4.69) is 124 Å². The Hall–Kier alpha value is -3.55. The van der Waals surface area contributed by atoms with Gasteiger partial charge in [-0.05, 0) is 106 Å². The van der Waals surface area contributed by atoms with Crippen LogP contribution in [0.15, 0.2) is 127 Å². The largest absolute Gasteiger partial charge is 0.379 e. The molecular formula is C35H32NOP. The predicted molar refractivity (Wildman–Crippen MR) is 163 cm³/mol. The smallest absolute Gasteiger partial charge is 0.130 e. The van der Waals surface area contributed by atoms with Gasteiger partial charge in [-0.2, -0.15) is 0 Å². The lowest BCUT2D eigenvalue weighted by molar-refractivity contribution is 0.0444. The van der Waals surface area contributed by atoms with Gasteiger partial charge in [-0.25, -0.2) is 0 Å². The fourth-order valence-corrected chi connectivity index (χ4v) is 6.08. The van der Waals surface area contributed by atoms with Gasteiger partial charge in [0.15, 0.2) is 0 Å². The van der Waals surface area contributed by atoms with Crippen LogP contribution in [-0.4, -0.2) is 17.7 Å². The number of hydrogen-bond acceptors (Lipinski definition) is 2. The number of hydrogen-bond donors (Lipinski definition) is 2. The van der Waals surface area contributed by atoms with Crippen LogP contribution in [0.1, 0.15) is 24.0 Å². The van der Waals surface area contributed by atoms with Gasteiger partial charge < -0.3 is 10.4 Å². The van der Waals surface area contributed by atoms with Gasteiger partial charge in [0.25, 0.3) is 0 Å². The van der Waals surface area contributed by atoms with Gasteiger partial charge in [-0.15, -0.1) is 9.24 Å². The maximum Gasteiger partial charge on any atom is 0.130 e. The molecule has 1 heterocycles. The Balaban J connectivity index is 1.59. The molecule has 0 aliphatic carbocycles. The molecule has 3 heteroatoms. The molecule has 6 rings (SSSR count). The average Bonchev–Trinajstić information content (AvgIpc) is 3.53. The lowest BCUT2D eigenvalue weighted by Crippen LogP contribution is -2.46. The number of rotatable bonds is 6. The molecule has 0 aromatic heterocycles. The van der Waals surface area contributed by atoms with E-state index < -0.39 is 5.60 Å². The zero-order valence-corrected chi connectivity index (χ0v) is 22.5. The summed E-state index contributed by atoms with van der Waals surface area (Å²) in [4.78, 5) is 0. The summed E-state index contributed by atoms with van der Waals surface area (Å²) in [6.07, 6.45) is 1.96. The van der Waals surface area contributed by atoms with Gasteiger partial charge in [0.05, 0.1) is 0 Å². The minimum Gasteiger partial charge on any atom is -0.379 e. The van der Waals surface area contributed by atoms with E-state index in [0.29, 0.717) is 0 Å². The molecule has 5 aromatic rings. The van der Waals surface area contributed by atoms with Crippen molar-refractivity contribution >= 4 is 14.5 Å². The molecule has 0 radical (unpaired) electrons. The van der Waals surface area contributed by atoms with Crippen LogP contribution >= 0.6 is 9.24 Å². The fraction of sp³-hybridized carbons (Fsp3) is 0.143. The zero-order valence-electron chi connectivity index (χ0n) is 21.3. The molecule has 2 unspecified atom stereocenters. The molecule has 2 N–H and O–H groups in total. The second-order valence-corrected chi connectivity index (χ2v) is 10.8.